The van der Waals surface area contributed by atoms with Crippen molar-refractivity contribution in [2.45, 2.75) is 33.6 Å². The van der Waals surface area contributed by atoms with E-state index in [2.05, 4.69) is 44.0 Å². The Labute approximate surface area is 74.5 Å². The van der Waals surface area contributed by atoms with Crippen LogP contribution >= 0.6 is 0 Å². The molecule has 0 amide bonds. The van der Waals surface area contributed by atoms with Crippen molar-refractivity contribution in [2.24, 2.45) is 0 Å². The number of hydrogen-bond donors (Lipinski definition) is 1. The summed E-state index contributed by atoms with van der Waals surface area (Å²) in [7, 11) is 0. The standard InChI is InChI=1S/C11H17N/c1-5-6-10-9(4)7-11(12-10)8(2)3/h5-8,12H,1-4H3/b6-5-. The summed E-state index contributed by atoms with van der Waals surface area (Å²) in [5.74, 6) is 0.586. The molecule has 1 aromatic heterocycles. The molecule has 0 aliphatic carbocycles. The van der Waals surface area contributed by atoms with Gasteiger partial charge in [0.2, 0.25) is 0 Å². The zero-order valence-corrected chi connectivity index (χ0v) is 8.31. The molecule has 1 heterocycles. The quantitative estimate of drug-likeness (QED) is 0.687. The average Bonchev–Trinajstić information content (AvgIpc) is 2.34. The van der Waals surface area contributed by atoms with Gasteiger partial charge < -0.3 is 4.98 Å². The fraction of sp³-hybridized carbons (Fsp3) is 0.455. The molecule has 0 bridgehead atoms. The van der Waals surface area contributed by atoms with Crippen LogP contribution in [0.3, 0.4) is 0 Å². The highest BCUT2D eigenvalue weighted by atomic mass is 14.7. The Morgan fingerprint density at radius 2 is 2.08 bits per heavy atom. The van der Waals surface area contributed by atoms with Crippen LogP contribution in [-0.4, -0.2) is 4.98 Å². The lowest BCUT2D eigenvalue weighted by Crippen LogP contribution is -1.85. The number of aryl methyl sites for hydroxylation is 1. The molecule has 1 aromatic rings. The molecule has 0 radical (unpaired) electrons. The molecular weight excluding hydrogens is 146 g/mol. The normalized spacial score (nSPS) is 11.8. The van der Waals surface area contributed by atoms with Crippen LogP contribution in [0.4, 0.5) is 0 Å². The molecule has 0 spiro atoms. The summed E-state index contributed by atoms with van der Waals surface area (Å²) in [5, 5.41) is 0. The Hall–Kier alpha value is -0.980. The summed E-state index contributed by atoms with van der Waals surface area (Å²) in [4.78, 5) is 3.40. The first-order chi connectivity index (χ1) is 5.65. The number of nitrogens with one attached hydrogen (secondary N) is 1. The first-order valence-corrected chi connectivity index (χ1v) is 4.47. The van der Waals surface area contributed by atoms with E-state index in [0.717, 1.165) is 0 Å². The van der Waals surface area contributed by atoms with Crippen molar-refractivity contribution in [2.75, 3.05) is 0 Å². The van der Waals surface area contributed by atoms with Crippen LogP contribution in [0.5, 0.6) is 0 Å². The van der Waals surface area contributed by atoms with Gasteiger partial charge in [0, 0.05) is 11.4 Å². The average molecular weight is 163 g/mol. The SMILES string of the molecule is C/C=C\c1[nH]c(C(C)C)cc1C. The van der Waals surface area contributed by atoms with Crippen LogP contribution in [0.2, 0.25) is 0 Å². The number of aromatic nitrogens is 1. The molecule has 1 nitrogen and oxygen atoms in total. The maximum Gasteiger partial charge on any atom is 0.0408 e. The summed E-state index contributed by atoms with van der Waals surface area (Å²) in [6.07, 6.45) is 4.17. The lowest BCUT2D eigenvalue weighted by atomic mass is 10.1. The molecule has 0 aliphatic rings. The Morgan fingerprint density at radius 1 is 1.42 bits per heavy atom. The zero-order chi connectivity index (χ0) is 9.14. The number of hydrogen-bond acceptors (Lipinski definition) is 0. The minimum Gasteiger partial charge on any atom is -0.358 e. The van der Waals surface area contributed by atoms with Crippen LogP contribution in [0.1, 0.15) is 43.6 Å². The van der Waals surface area contributed by atoms with Crippen LogP contribution in [0, 0.1) is 6.92 Å². The molecular formula is C11H17N. The highest BCUT2D eigenvalue weighted by molar-refractivity contribution is 5.50. The summed E-state index contributed by atoms with van der Waals surface area (Å²) in [6, 6.07) is 2.22. The molecule has 0 atom stereocenters. The monoisotopic (exact) mass is 163 g/mol. The van der Waals surface area contributed by atoms with Crippen LogP contribution in [0.25, 0.3) is 6.08 Å². The second-order valence-corrected chi connectivity index (χ2v) is 3.48. The highest BCUT2D eigenvalue weighted by Gasteiger charge is 2.04. The van der Waals surface area contributed by atoms with E-state index in [1.54, 1.807) is 0 Å². The molecule has 0 aliphatic heterocycles. The van der Waals surface area contributed by atoms with Gasteiger partial charge in [0.05, 0.1) is 0 Å². The summed E-state index contributed by atoms with van der Waals surface area (Å²) in [5.41, 5.74) is 3.89. The van der Waals surface area contributed by atoms with Crippen molar-refractivity contribution >= 4 is 6.08 Å². The van der Waals surface area contributed by atoms with Crippen LogP contribution < -0.4 is 0 Å². The number of H-pyrrole nitrogens is 1. The fourth-order valence-electron chi connectivity index (χ4n) is 1.25. The van der Waals surface area contributed by atoms with Crippen molar-refractivity contribution in [1.82, 2.24) is 4.98 Å². The van der Waals surface area contributed by atoms with Gasteiger partial charge in [-0.1, -0.05) is 19.9 Å². The zero-order valence-electron chi connectivity index (χ0n) is 8.31. The van der Waals surface area contributed by atoms with Gasteiger partial charge in [0.25, 0.3) is 0 Å². The molecule has 0 unspecified atom stereocenters. The van der Waals surface area contributed by atoms with Gasteiger partial charge in [0.15, 0.2) is 0 Å². The van der Waals surface area contributed by atoms with E-state index in [9.17, 15) is 0 Å². The van der Waals surface area contributed by atoms with E-state index in [1.807, 2.05) is 6.92 Å². The first-order valence-electron chi connectivity index (χ1n) is 4.47. The van der Waals surface area contributed by atoms with Gasteiger partial charge in [0.1, 0.15) is 0 Å². The maximum atomic E-state index is 3.40. The molecule has 0 fully saturated rings. The summed E-state index contributed by atoms with van der Waals surface area (Å²) in [6.45, 7) is 8.57. The van der Waals surface area contributed by atoms with E-state index in [0.29, 0.717) is 5.92 Å². The van der Waals surface area contributed by atoms with E-state index in [-0.39, 0.29) is 0 Å². The number of rotatable bonds is 2. The van der Waals surface area contributed by atoms with Crippen molar-refractivity contribution < 1.29 is 0 Å². The molecule has 1 N–H and O–H groups in total. The minimum atomic E-state index is 0.586. The third-order valence-corrected chi connectivity index (χ3v) is 2.03. The predicted molar refractivity (Wildman–Crippen MR) is 54.3 cm³/mol. The highest BCUT2D eigenvalue weighted by Crippen LogP contribution is 2.18. The van der Waals surface area contributed by atoms with E-state index < -0.39 is 0 Å². The minimum absolute atomic E-state index is 0.586. The lowest BCUT2D eigenvalue weighted by molar-refractivity contribution is 0.832. The number of aromatic amines is 1. The molecule has 1 rings (SSSR count). The topological polar surface area (TPSA) is 15.8 Å². The molecule has 0 saturated carbocycles. The Balaban J connectivity index is 3.00. The third kappa shape index (κ3) is 1.79. The van der Waals surface area contributed by atoms with Gasteiger partial charge in [-0.15, -0.1) is 0 Å². The van der Waals surface area contributed by atoms with Crippen molar-refractivity contribution in [1.29, 1.82) is 0 Å². The fourth-order valence-corrected chi connectivity index (χ4v) is 1.25. The van der Waals surface area contributed by atoms with Crippen LogP contribution in [0.15, 0.2) is 12.1 Å². The summed E-state index contributed by atoms with van der Waals surface area (Å²) < 4.78 is 0. The van der Waals surface area contributed by atoms with E-state index in [1.165, 1.54) is 17.0 Å². The Bertz CT molecular complexity index is 279. The molecule has 66 valence electrons. The summed E-state index contributed by atoms with van der Waals surface area (Å²) >= 11 is 0. The van der Waals surface area contributed by atoms with E-state index in [4.69, 9.17) is 0 Å². The molecule has 0 saturated heterocycles. The van der Waals surface area contributed by atoms with Gasteiger partial charge in [-0.3, -0.25) is 0 Å². The van der Waals surface area contributed by atoms with Crippen molar-refractivity contribution in [3.63, 3.8) is 0 Å². The molecule has 12 heavy (non-hydrogen) atoms. The van der Waals surface area contributed by atoms with Gasteiger partial charge in [-0.05, 0) is 37.5 Å². The van der Waals surface area contributed by atoms with Crippen molar-refractivity contribution in [3.05, 3.63) is 29.1 Å². The Morgan fingerprint density at radius 3 is 2.50 bits per heavy atom. The maximum absolute atomic E-state index is 3.40. The third-order valence-electron chi connectivity index (χ3n) is 2.03. The smallest absolute Gasteiger partial charge is 0.0408 e. The second-order valence-electron chi connectivity index (χ2n) is 3.48. The van der Waals surface area contributed by atoms with Crippen molar-refractivity contribution in [3.8, 4) is 0 Å². The molecule has 0 aromatic carbocycles. The van der Waals surface area contributed by atoms with Gasteiger partial charge >= 0.3 is 0 Å². The lowest BCUT2D eigenvalue weighted by Gasteiger charge is -1.98. The molecule has 1 heteroatoms. The predicted octanol–water partition coefficient (Wildman–Crippen LogP) is 3.48. The second kappa shape index (κ2) is 3.61. The Kier molecular flexibility index (Phi) is 2.74. The van der Waals surface area contributed by atoms with Crippen LogP contribution in [-0.2, 0) is 0 Å². The largest absolute Gasteiger partial charge is 0.358 e. The van der Waals surface area contributed by atoms with Gasteiger partial charge in [-0.2, -0.15) is 0 Å². The number of allylic oxidation sites excluding steroid dienone is 1. The van der Waals surface area contributed by atoms with Gasteiger partial charge in [-0.25, -0.2) is 0 Å². The van der Waals surface area contributed by atoms with E-state index >= 15 is 0 Å². The first kappa shape index (κ1) is 9.11.